The maximum absolute atomic E-state index is 6.76. The van der Waals surface area contributed by atoms with E-state index in [0.717, 1.165) is 62.7 Å². The molecule has 0 amide bonds. The number of furan rings is 2. The highest BCUT2D eigenvalue weighted by Crippen LogP contribution is 2.46. The van der Waals surface area contributed by atoms with Crippen molar-refractivity contribution in [3.8, 4) is 16.8 Å². The number of thiophene rings is 1. The molecule has 1 N–H and O–H groups in total. The van der Waals surface area contributed by atoms with Gasteiger partial charge in [0.2, 0.25) is 0 Å². The molecular formula is C56H43BN2O2S. The summed E-state index contributed by atoms with van der Waals surface area (Å²) in [6.45, 7) is 13.6. The second-order valence-corrected chi connectivity index (χ2v) is 20.5. The van der Waals surface area contributed by atoms with Crippen LogP contribution in [0.1, 0.15) is 52.7 Å². The number of hydrogen-bond donors (Lipinski definition) is 1. The van der Waals surface area contributed by atoms with Crippen LogP contribution in [-0.4, -0.2) is 11.8 Å². The van der Waals surface area contributed by atoms with Crippen LogP contribution in [0.15, 0.2) is 148 Å². The lowest BCUT2D eigenvalue weighted by atomic mass is 9.59. The number of para-hydroxylation sites is 1. The van der Waals surface area contributed by atoms with E-state index in [4.69, 9.17) is 8.83 Å². The van der Waals surface area contributed by atoms with Gasteiger partial charge in [-0.1, -0.05) is 120 Å². The fourth-order valence-electron chi connectivity index (χ4n) is 10.3. The molecule has 4 nitrogen and oxygen atoms in total. The third-order valence-corrected chi connectivity index (χ3v) is 14.7. The summed E-state index contributed by atoms with van der Waals surface area (Å²) in [5.41, 5.74) is 17.0. The van der Waals surface area contributed by atoms with Gasteiger partial charge in [-0.05, 0) is 105 Å². The quantitative estimate of drug-likeness (QED) is 0.181. The highest BCUT2D eigenvalue weighted by molar-refractivity contribution is 7.25. The summed E-state index contributed by atoms with van der Waals surface area (Å²) in [5.74, 6) is 0. The number of rotatable bonds is 3. The molecule has 0 saturated heterocycles. The van der Waals surface area contributed by atoms with Gasteiger partial charge < -0.3 is 18.7 Å². The minimum Gasteiger partial charge on any atom is -0.456 e. The van der Waals surface area contributed by atoms with E-state index in [1.165, 1.54) is 80.7 Å². The molecule has 0 unspecified atom stereocenters. The average molecular weight is 819 g/mol. The van der Waals surface area contributed by atoms with Gasteiger partial charge >= 0.3 is 0 Å². The Bertz CT molecular complexity index is 3880. The summed E-state index contributed by atoms with van der Waals surface area (Å²) in [7, 11) is 0.792. The van der Waals surface area contributed by atoms with Crippen molar-refractivity contribution in [3.63, 3.8) is 0 Å². The smallest absolute Gasteiger partial charge is 0.198 e. The zero-order valence-electron chi connectivity index (χ0n) is 35.7. The first-order valence-corrected chi connectivity index (χ1v) is 22.5. The van der Waals surface area contributed by atoms with Crippen LogP contribution in [-0.2, 0) is 10.8 Å². The first-order chi connectivity index (χ1) is 30.0. The topological polar surface area (TPSA) is 43.2 Å². The zero-order valence-corrected chi connectivity index (χ0v) is 36.5. The molecule has 0 radical (unpaired) electrons. The van der Waals surface area contributed by atoms with Crippen LogP contribution in [0.5, 0.6) is 0 Å². The molecule has 0 spiro atoms. The Morgan fingerprint density at radius 2 is 1.23 bits per heavy atom. The van der Waals surface area contributed by atoms with Crippen molar-refractivity contribution in [3.05, 3.63) is 151 Å². The predicted molar refractivity (Wildman–Crippen MR) is 267 cm³/mol. The van der Waals surface area contributed by atoms with Crippen molar-refractivity contribution in [2.75, 3.05) is 5.32 Å². The van der Waals surface area contributed by atoms with E-state index in [9.17, 15) is 0 Å². The van der Waals surface area contributed by atoms with Crippen molar-refractivity contribution in [1.82, 2.24) is 4.57 Å². The van der Waals surface area contributed by atoms with E-state index in [1.54, 1.807) is 0 Å². The van der Waals surface area contributed by atoms with Crippen molar-refractivity contribution in [2.24, 2.45) is 0 Å². The number of nitrogens with zero attached hydrogens (tertiary/aromatic N) is 1. The van der Waals surface area contributed by atoms with E-state index in [1.807, 2.05) is 11.3 Å². The first kappa shape index (κ1) is 35.9. The van der Waals surface area contributed by atoms with Crippen LogP contribution in [0.3, 0.4) is 0 Å². The zero-order chi connectivity index (χ0) is 41.8. The molecule has 298 valence electrons. The number of anilines is 2. The van der Waals surface area contributed by atoms with Gasteiger partial charge in [0, 0.05) is 75.2 Å². The lowest BCUT2D eigenvalue weighted by Crippen LogP contribution is -2.37. The molecular weight excluding hydrogens is 776 g/mol. The predicted octanol–water partition coefficient (Wildman–Crippen LogP) is 14.7. The molecule has 0 aliphatic carbocycles. The summed E-state index contributed by atoms with van der Waals surface area (Å²) in [6.07, 6.45) is 0. The summed E-state index contributed by atoms with van der Waals surface area (Å²) in [5, 5.41) is 13.6. The van der Waals surface area contributed by atoms with Crippen LogP contribution >= 0.6 is 11.3 Å². The Morgan fingerprint density at radius 1 is 0.516 bits per heavy atom. The number of hydrogen-bond acceptors (Lipinski definition) is 4. The maximum atomic E-state index is 6.76. The third kappa shape index (κ3) is 5.13. The van der Waals surface area contributed by atoms with E-state index >= 15 is 0 Å². The molecule has 1 aliphatic rings. The second-order valence-electron chi connectivity index (χ2n) is 19.4. The number of fused-ring (bicyclic) bond motifs is 15. The summed E-state index contributed by atoms with van der Waals surface area (Å²) in [6, 6.07) is 51.6. The van der Waals surface area contributed by atoms with Crippen molar-refractivity contribution < 1.29 is 8.83 Å². The standard InChI is InChI=1S/C56H43BN2O2S/c1-55(2,3)30-15-18-32(19-16-30)58-42-27-39-38-25-31(56(4,5)6)17-23-46(38)61-48(39)28-37(42)34-20-21-36-51-43(22-24-47-52(51)35-12-7-9-13-45(35)60-47)59-44-29-50-40(26-41(44)57-53(34)54(36)59)33-11-8-10-14-49(33)62-50/h7-29,57-58H,1-6H3. The number of benzene rings is 8. The molecule has 6 heteroatoms. The molecule has 8 aromatic carbocycles. The molecule has 4 aromatic heterocycles. The molecule has 1 aliphatic heterocycles. The molecule has 13 rings (SSSR count). The molecule has 5 heterocycles. The minimum absolute atomic E-state index is 0.00956. The van der Waals surface area contributed by atoms with Gasteiger partial charge in [-0.3, -0.25) is 0 Å². The normalized spacial score (nSPS) is 13.1. The first-order valence-electron chi connectivity index (χ1n) is 21.7. The lowest BCUT2D eigenvalue weighted by molar-refractivity contribution is 0.590. The van der Waals surface area contributed by atoms with Crippen LogP contribution < -0.4 is 16.2 Å². The van der Waals surface area contributed by atoms with Gasteiger partial charge in [-0.2, -0.15) is 0 Å². The molecule has 0 fully saturated rings. The molecule has 0 saturated carbocycles. The highest BCUT2D eigenvalue weighted by Gasteiger charge is 2.30. The van der Waals surface area contributed by atoms with E-state index in [2.05, 4.69) is 191 Å². The largest absolute Gasteiger partial charge is 0.456 e. The van der Waals surface area contributed by atoms with Gasteiger partial charge in [-0.15, -0.1) is 11.3 Å². The van der Waals surface area contributed by atoms with Crippen LogP contribution in [0, 0.1) is 0 Å². The Labute approximate surface area is 363 Å². The Kier molecular flexibility index (Phi) is 7.21. The Morgan fingerprint density at radius 3 is 2.05 bits per heavy atom. The second kappa shape index (κ2) is 12.4. The maximum Gasteiger partial charge on any atom is 0.198 e. The fraction of sp³-hybridized carbons (Fsp3) is 0.143. The van der Waals surface area contributed by atoms with Gasteiger partial charge in [0.05, 0.1) is 5.52 Å². The van der Waals surface area contributed by atoms with Crippen molar-refractivity contribution in [1.29, 1.82) is 0 Å². The fourth-order valence-corrected chi connectivity index (χ4v) is 11.5. The average Bonchev–Trinajstić information content (AvgIpc) is 4.01. The number of nitrogens with one attached hydrogen (secondary N) is 1. The molecule has 62 heavy (non-hydrogen) atoms. The van der Waals surface area contributed by atoms with Crippen LogP contribution in [0.2, 0.25) is 0 Å². The van der Waals surface area contributed by atoms with Gasteiger partial charge in [0.25, 0.3) is 0 Å². The minimum atomic E-state index is 0.00956. The van der Waals surface area contributed by atoms with E-state index in [-0.39, 0.29) is 10.8 Å². The summed E-state index contributed by atoms with van der Waals surface area (Å²) < 4.78 is 18.5. The Balaban J connectivity index is 1.12. The SMILES string of the molecule is CC(C)(C)c1ccc(Nc2cc3c(cc2-c2ccc4c5c6c(ccc5n5c4c2Bc2cc4c(cc2-5)sc2ccccc24)oc2ccccc26)oc2ccc(C(C)(C)C)cc23)cc1. The van der Waals surface area contributed by atoms with Crippen molar-refractivity contribution in [2.45, 2.75) is 52.4 Å². The van der Waals surface area contributed by atoms with Gasteiger partial charge in [0.1, 0.15) is 22.3 Å². The van der Waals surface area contributed by atoms with Crippen LogP contribution in [0.25, 0.3) is 103 Å². The van der Waals surface area contributed by atoms with E-state index < -0.39 is 0 Å². The summed E-state index contributed by atoms with van der Waals surface area (Å²) in [4.78, 5) is 0. The molecule has 0 atom stereocenters. The monoisotopic (exact) mass is 818 g/mol. The van der Waals surface area contributed by atoms with Crippen LogP contribution in [0.4, 0.5) is 11.4 Å². The van der Waals surface area contributed by atoms with Gasteiger partial charge in [0.15, 0.2) is 7.28 Å². The third-order valence-electron chi connectivity index (χ3n) is 13.5. The lowest BCUT2D eigenvalue weighted by Gasteiger charge is -2.24. The van der Waals surface area contributed by atoms with Crippen molar-refractivity contribution >= 4 is 127 Å². The van der Waals surface area contributed by atoms with E-state index in [0.29, 0.717) is 0 Å². The Hall–Kier alpha value is -6.76. The highest BCUT2D eigenvalue weighted by atomic mass is 32.1. The summed E-state index contributed by atoms with van der Waals surface area (Å²) >= 11 is 1.88. The molecule has 12 aromatic rings. The molecule has 0 bridgehead atoms. The number of aromatic nitrogens is 1. The van der Waals surface area contributed by atoms with Gasteiger partial charge in [-0.25, -0.2) is 0 Å².